The fourth-order valence-electron chi connectivity index (χ4n) is 2.74. The van der Waals surface area contributed by atoms with Gasteiger partial charge in [0.2, 0.25) is 0 Å². The van der Waals surface area contributed by atoms with Gasteiger partial charge in [0.05, 0.1) is 6.33 Å². The minimum absolute atomic E-state index is 0.289. The fraction of sp³-hybridized carbons (Fsp3) is 0.353. The predicted molar refractivity (Wildman–Crippen MR) is 97.4 cm³/mol. The summed E-state index contributed by atoms with van der Waals surface area (Å²) in [4.78, 5) is 29.0. The molecule has 0 aliphatic carbocycles. The van der Waals surface area contributed by atoms with Crippen LogP contribution in [0.3, 0.4) is 0 Å². The first-order valence-electron chi connectivity index (χ1n) is 8.02. The Kier molecular flexibility index (Phi) is 5.26. The maximum Gasteiger partial charge on any atom is 0.332 e. The Morgan fingerprint density at radius 3 is 2.65 bits per heavy atom. The topological polar surface area (TPSA) is 61.8 Å². The third-order valence-electron chi connectivity index (χ3n) is 4.12. The highest BCUT2D eigenvalue weighted by Crippen LogP contribution is 2.16. The lowest BCUT2D eigenvalue weighted by Gasteiger charge is -2.08. The van der Waals surface area contributed by atoms with Gasteiger partial charge in [-0.05, 0) is 29.9 Å². The standard InChI is InChI=1S/C17H18F2N4O2S/c1-21-10-20-15-14(21)16(24)23(17(25)22(15)2)6-3-7-26-9-11-4-5-12(18)13(19)8-11/h4-5,8,10H,3,6-7,9H2,1-2H3. The molecule has 3 rings (SSSR count). The van der Waals surface area contributed by atoms with Crippen LogP contribution in [-0.2, 0) is 26.4 Å². The van der Waals surface area contributed by atoms with Gasteiger partial charge in [0.1, 0.15) is 0 Å². The van der Waals surface area contributed by atoms with Crippen molar-refractivity contribution in [1.82, 2.24) is 18.7 Å². The third-order valence-corrected chi connectivity index (χ3v) is 5.24. The largest absolute Gasteiger partial charge is 0.332 e. The molecule has 0 saturated carbocycles. The Labute approximate surface area is 152 Å². The Bertz CT molecular complexity index is 1070. The molecule has 0 aliphatic rings. The molecule has 3 aromatic rings. The van der Waals surface area contributed by atoms with Gasteiger partial charge in [-0.15, -0.1) is 0 Å². The molecular weight excluding hydrogens is 362 g/mol. The molecular formula is C17H18F2N4O2S. The molecule has 138 valence electrons. The van der Waals surface area contributed by atoms with E-state index in [1.54, 1.807) is 24.7 Å². The zero-order valence-electron chi connectivity index (χ0n) is 14.4. The van der Waals surface area contributed by atoms with E-state index in [-0.39, 0.29) is 12.1 Å². The van der Waals surface area contributed by atoms with Crippen LogP contribution in [-0.4, -0.2) is 24.4 Å². The molecule has 0 N–H and O–H groups in total. The summed E-state index contributed by atoms with van der Waals surface area (Å²) in [6.07, 6.45) is 2.11. The first kappa shape index (κ1) is 18.4. The number of thioether (sulfide) groups is 1. The van der Waals surface area contributed by atoms with E-state index in [0.717, 1.165) is 6.07 Å². The van der Waals surface area contributed by atoms with Crippen LogP contribution >= 0.6 is 11.8 Å². The van der Waals surface area contributed by atoms with Gasteiger partial charge in [0.25, 0.3) is 5.56 Å². The number of halogens is 2. The Hall–Kier alpha value is -2.42. The number of aromatic nitrogens is 4. The molecule has 0 atom stereocenters. The molecule has 0 aliphatic heterocycles. The summed E-state index contributed by atoms with van der Waals surface area (Å²) in [7, 11) is 3.30. The molecule has 0 radical (unpaired) electrons. The van der Waals surface area contributed by atoms with E-state index < -0.39 is 17.3 Å². The minimum atomic E-state index is -0.862. The highest BCUT2D eigenvalue weighted by molar-refractivity contribution is 7.98. The molecule has 26 heavy (non-hydrogen) atoms. The highest BCUT2D eigenvalue weighted by Gasteiger charge is 2.14. The summed E-state index contributed by atoms with van der Waals surface area (Å²) in [5.41, 5.74) is 0.701. The first-order valence-corrected chi connectivity index (χ1v) is 9.18. The van der Waals surface area contributed by atoms with Gasteiger partial charge in [-0.25, -0.2) is 18.6 Å². The molecule has 0 bridgehead atoms. The average Bonchev–Trinajstić information content (AvgIpc) is 3.00. The normalized spacial score (nSPS) is 11.4. The number of aryl methyl sites for hydroxylation is 2. The van der Waals surface area contributed by atoms with Crippen LogP contribution < -0.4 is 11.2 Å². The second-order valence-electron chi connectivity index (χ2n) is 5.98. The highest BCUT2D eigenvalue weighted by atomic mass is 32.2. The van der Waals surface area contributed by atoms with E-state index in [0.29, 0.717) is 34.7 Å². The van der Waals surface area contributed by atoms with Gasteiger partial charge in [0.15, 0.2) is 22.8 Å². The van der Waals surface area contributed by atoms with Gasteiger partial charge in [-0.1, -0.05) is 6.07 Å². The van der Waals surface area contributed by atoms with E-state index in [1.165, 1.54) is 33.3 Å². The summed E-state index contributed by atoms with van der Waals surface area (Å²) in [6.45, 7) is 0.289. The lowest BCUT2D eigenvalue weighted by atomic mass is 10.2. The van der Waals surface area contributed by atoms with Crippen molar-refractivity contribution in [3.63, 3.8) is 0 Å². The molecule has 6 nitrogen and oxygen atoms in total. The van der Waals surface area contributed by atoms with Crippen LogP contribution in [0.2, 0.25) is 0 Å². The lowest BCUT2D eigenvalue weighted by Crippen LogP contribution is -2.39. The van der Waals surface area contributed by atoms with Crippen molar-refractivity contribution < 1.29 is 8.78 Å². The average molecular weight is 380 g/mol. The van der Waals surface area contributed by atoms with Crippen molar-refractivity contribution in [3.8, 4) is 0 Å². The molecule has 0 spiro atoms. The number of imidazole rings is 1. The maximum absolute atomic E-state index is 13.2. The molecule has 2 aromatic heterocycles. The van der Waals surface area contributed by atoms with E-state index in [1.807, 2.05) is 0 Å². The fourth-order valence-corrected chi connectivity index (χ4v) is 3.63. The van der Waals surface area contributed by atoms with E-state index in [9.17, 15) is 18.4 Å². The van der Waals surface area contributed by atoms with Crippen molar-refractivity contribution in [1.29, 1.82) is 0 Å². The summed E-state index contributed by atoms with van der Waals surface area (Å²) in [5.74, 6) is -0.509. The first-order chi connectivity index (χ1) is 12.4. The van der Waals surface area contributed by atoms with Crippen LogP contribution in [0.4, 0.5) is 8.78 Å². The van der Waals surface area contributed by atoms with Gasteiger partial charge < -0.3 is 4.57 Å². The number of rotatable bonds is 6. The van der Waals surface area contributed by atoms with Crippen molar-refractivity contribution >= 4 is 22.9 Å². The molecule has 0 saturated heterocycles. The number of nitrogens with zero attached hydrogens (tertiary/aromatic N) is 4. The van der Waals surface area contributed by atoms with Gasteiger partial charge in [0, 0.05) is 26.4 Å². The van der Waals surface area contributed by atoms with E-state index in [4.69, 9.17) is 0 Å². The quantitative estimate of drug-likeness (QED) is 0.614. The second-order valence-corrected chi connectivity index (χ2v) is 7.09. The predicted octanol–water partition coefficient (Wildman–Crippen LogP) is 2.04. The smallest absolute Gasteiger partial charge is 0.328 e. The SMILES string of the molecule is Cn1cnc2c1c(=O)n(CCCSCc1ccc(F)c(F)c1)c(=O)n2C. The van der Waals surface area contributed by atoms with E-state index >= 15 is 0 Å². The molecule has 1 aromatic carbocycles. The molecule has 0 unspecified atom stereocenters. The zero-order valence-corrected chi connectivity index (χ0v) is 15.2. The summed E-state index contributed by atoms with van der Waals surface area (Å²) in [5, 5.41) is 0. The Balaban J connectivity index is 1.65. The maximum atomic E-state index is 13.2. The van der Waals surface area contributed by atoms with Crippen molar-refractivity contribution in [2.24, 2.45) is 14.1 Å². The van der Waals surface area contributed by atoms with Crippen molar-refractivity contribution in [2.45, 2.75) is 18.7 Å². The van der Waals surface area contributed by atoms with Crippen LogP contribution in [0.15, 0.2) is 34.1 Å². The lowest BCUT2D eigenvalue weighted by molar-refractivity contribution is 0.507. The van der Waals surface area contributed by atoms with E-state index in [2.05, 4.69) is 4.98 Å². The van der Waals surface area contributed by atoms with Crippen LogP contribution in [0.5, 0.6) is 0 Å². The van der Waals surface area contributed by atoms with Crippen LogP contribution in [0.25, 0.3) is 11.2 Å². The van der Waals surface area contributed by atoms with Crippen molar-refractivity contribution in [2.75, 3.05) is 5.75 Å². The minimum Gasteiger partial charge on any atom is -0.328 e. The molecule has 9 heteroatoms. The summed E-state index contributed by atoms with van der Waals surface area (Å²) < 4.78 is 30.3. The number of benzene rings is 1. The summed E-state index contributed by atoms with van der Waals surface area (Å²) in [6, 6.07) is 3.83. The molecule has 0 amide bonds. The van der Waals surface area contributed by atoms with Crippen LogP contribution in [0, 0.1) is 11.6 Å². The van der Waals surface area contributed by atoms with Gasteiger partial charge >= 0.3 is 5.69 Å². The number of hydrogen-bond acceptors (Lipinski definition) is 4. The number of hydrogen-bond donors (Lipinski definition) is 0. The van der Waals surface area contributed by atoms with Crippen LogP contribution in [0.1, 0.15) is 12.0 Å². The molecule has 2 heterocycles. The third kappa shape index (κ3) is 3.44. The Morgan fingerprint density at radius 1 is 1.15 bits per heavy atom. The monoisotopic (exact) mass is 380 g/mol. The number of fused-ring (bicyclic) bond motifs is 1. The van der Waals surface area contributed by atoms with Gasteiger partial charge in [-0.3, -0.25) is 13.9 Å². The zero-order chi connectivity index (χ0) is 18.8. The van der Waals surface area contributed by atoms with Gasteiger partial charge in [-0.2, -0.15) is 11.8 Å². The Morgan fingerprint density at radius 2 is 1.92 bits per heavy atom. The molecule has 0 fully saturated rings. The summed E-state index contributed by atoms with van der Waals surface area (Å²) >= 11 is 1.53. The van der Waals surface area contributed by atoms with Crippen molar-refractivity contribution in [3.05, 3.63) is 62.6 Å². The second kappa shape index (κ2) is 7.45.